The fourth-order valence-electron chi connectivity index (χ4n) is 13.5. The summed E-state index contributed by atoms with van der Waals surface area (Å²) in [6, 6.07) is 3.44. The van der Waals surface area contributed by atoms with Gasteiger partial charge in [-0.25, -0.2) is 6.04 Å². The molecule has 2 aliphatic rings. The molecule has 12 nitrogen and oxygen atoms in total. The quantitative estimate of drug-likeness (QED) is 0.0337. The Balaban J connectivity index is -0.000000153. The van der Waals surface area contributed by atoms with Crippen LogP contribution >= 0.6 is 0 Å². The van der Waals surface area contributed by atoms with Crippen molar-refractivity contribution in [2.45, 2.75) is 403 Å². The molecular formula is C83H170K2N6O6-2. The zero-order chi connectivity index (χ0) is 75.7. The van der Waals surface area contributed by atoms with E-state index in [1.54, 1.807) is 0 Å². The number of carbonyl (C=O) groups excluding carboxylic acids is 6. The number of unbranched alkanes of at least 4 members (excludes halogenated alkanes) is 2. The molecule has 0 radical (unpaired) electrons. The molecule has 5 atom stereocenters. The van der Waals surface area contributed by atoms with E-state index < -0.39 is 22.2 Å². The van der Waals surface area contributed by atoms with Gasteiger partial charge in [0.2, 0.25) is 0 Å². The number of hydrogen-bond donors (Lipinski definition) is 0. The Kier molecular flexibility index (Phi) is 73.1. The van der Waals surface area contributed by atoms with Crippen LogP contribution in [0.4, 0.5) is 0 Å². The van der Waals surface area contributed by atoms with E-state index in [1.165, 1.54) is 6.42 Å². The number of Topliss-reactive ketones (excluding diaryl/α,β-unsaturated/α-hetero) is 6. The van der Waals surface area contributed by atoms with E-state index in [4.69, 9.17) is 0 Å². The van der Waals surface area contributed by atoms with E-state index in [1.807, 2.05) is 138 Å². The second-order valence-corrected chi connectivity index (χ2v) is 30.0. The van der Waals surface area contributed by atoms with Gasteiger partial charge in [0.05, 0.1) is 28.2 Å². The zero-order valence-electron chi connectivity index (χ0n) is 73.3. The van der Waals surface area contributed by atoms with Gasteiger partial charge in [0.1, 0.15) is 0 Å². The predicted molar refractivity (Wildman–Crippen MR) is 420 cm³/mol. The van der Waals surface area contributed by atoms with Crippen molar-refractivity contribution in [2.75, 3.05) is 41.3 Å². The van der Waals surface area contributed by atoms with Crippen molar-refractivity contribution >= 4 is 34.7 Å². The second-order valence-electron chi connectivity index (χ2n) is 30.0. The van der Waals surface area contributed by atoms with Gasteiger partial charge in [0.25, 0.3) is 0 Å². The Morgan fingerprint density at radius 2 is 0.711 bits per heavy atom. The molecule has 97 heavy (non-hydrogen) atoms. The van der Waals surface area contributed by atoms with Crippen LogP contribution in [0.15, 0.2) is 0 Å². The molecule has 0 bridgehead atoms. The zero-order valence-corrected chi connectivity index (χ0v) is 79.5. The van der Waals surface area contributed by atoms with Gasteiger partial charge >= 0.3 is 103 Å². The van der Waals surface area contributed by atoms with Gasteiger partial charge in [0.15, 0.2) is 28.9 Å². The molecule has 0 aromatic rings. The topological polar surface area (TPSA) is 122 Å². The Morgan fingerprint density at radius 3 is 0.948 bits per heavy atom. The third-order valence-corrected chi connectivity index (χ3v) is 19.7. The average Bonchev–Trinajstić information content (AvgIpc) is 1.70. The Bertz CT molecular complexity index is 1850. The minimum atomic E-state index is -0.469. The van der Waals surface area contributed by atoms with Crippen LogP contribution < -0.4 is 103 Å². The molecule has 2 aliphatic heterocycles. The summed E-state index contributed by atoms with van der Waals surface area (Å²) in [4.78, 5) is 90.0. The maximum Gasteiger partial charge on any atom is 1.00 e. The molecule has 2 saturated heterocycles. The van der Waals surface area contributed by atoms with Crippen molar-refractivity contribution in [3.05, 3.63) is 27.3 Å². The molecule has 0 spiro atoms. The summed E-state index contributed by atoms with van der Waals surface area (Å²) in [7, 11) is 8.29. The number of nitrogens with zero attached hydrogens (tertiary/aromatic N) is 6. The predicted octanol–water partition coefficient (Wildman–Crippen LogP) is 14.5. The Morgan fingerprint density at radius 1 is 0.412 bits per heavy atom. The molecule has 0 aliphatic carbocycles. The summed E-state index contributed by atoms with van der Waals surface area (Å²) in [6.07, 6.45) is 14.5. The van der Waals surface area contributed by atoms with Gasteiger partial charge < -0.3 is 31.0 Å². The van der Waals surface area contributed by atoms with Gasteiger partial charge in [-0.1, -0.05) is 197 Å². The molecule has 0 amide bonds. The molecule has 0 saturated carbocycles. The molecule has 572 valence electrons. The van der Waals surface area contributed by atoms with E-state index in [0.29, 0.717) is 71.0 Å². The fraction of sp³-hybridized carbons (Fsp3) is 0.880. The number of ketones is 6. The van der Waals surface area contributed by atoms with Crippen molar-refractivity contribution in [1.29, 1.82) is 0 Å². The SMILES string of the molecule is CC.CC.CC.CC.CC(C)C(=O)C1CCCN1C(C)C.CC(C)C(=O)[C-]1CCCN1C(C)C.[CH2-]CCC(CCCCC(C)(C(=O)C(C)C)N(C)C(C)C)(C(=O)C(C)C)N(C)C(C)C.[CH2-]CCC(CCCCC(C)(C(=O)C(C)C)N(C)C(C)C)(C(=O)C(C)C)N(C)C(C)C.[CH3-].[K+].[K+]. The summed E-state index contributed by atoms with van der Waals surface area (Å²) in [5.74, 6) is 2.37. The molecule has 2 fully saturated rings. The van der Waals surface area contributed by atoms with Gasteiger partial charge in [-0.2, -0.15) is 12.8 Å². The van der Waals surface area contributed by atoms with E-state index in [2.05, 4.69) is 168 Å². The molecule has 2 heterocycles. The summed E-state index contributed by atoms with van der Waals surface area (Å²) < 4.78 is 0. The summed E-state index contributed by atoms with van der Waals surface area (Å²) in [5, 5.41) is 0. The van der Waals surface area contributed by atoms with Crippen molar-refractivity contribution < 1.29 is 132 Å². The third kappa shape index (κ3) is 38.3. The maximum atomic E-state index is 13.4. The molecule has 5 unspecified atom stereocenters. The van der Waals surface area contributed by atoms with Crippen LogP contribution in [0.5, 0.6) is 0 Å². The van der Waals surface area contributed by atoms with Crippen LogP contribution in [0.25, 0.3) is 0 Å². The minimum Gasteiger partial charge on any atom is -0.429 e. The average molecular weight is 1430 g/mol. The number of likely N-dealkylation sites (N-methyl/N-ethyl adjacent to an activating group) is 4. The molecule has 0 aromatic carbocycles. The summed E-state index contributed by atoms with van der Waals surface area (Å²) in [6.45, 7) is 80.3. The Hall–Kier alpha value is 0.923. The number of carbonyl (C=O) groups is 6. The van der Waals surface area contributed by atoms with Crippen molar-refractivity contribution in [1.82, 2.24) is 29.4 Å². The largest absolute Gasteiger partial charge is 1.00 e. The van der Waals surface area contributed by atoms with Crippen LogP contribution in [-0.2, 0) is 28.8 Å². The van der Waals surface area contributed by atoms with E-state index in [9.17, 15) is 28.8 Å². The number of hydrogen-bond acceptors (Lipinski definition) is 12. The van der Waals surface area contributed by atoms with Crippen molar-refractivity contribution in [3.8, 4) is 0 Å². The second kappa shape index (κ2) is 61.0. The van der Waals surface area contributed by atoms with Crippen LogP contribution in [-0.4, -0.2) is 170 Å². The summed E-state index contributed by atoms with van der Waals surface area (Å²) in [5.41, 5.74) is -1.87. The number of rotatable bonds is 36. The molecule has 0 N–H and O–H groups in total. The van der Waals surface area contributed by atoms with Crippen molar-refractivity contribution in [3.63, 3.8) is 0 Å². The third-order valence-electron chi connectivity index (χ3n) is 19.7. The standard InChI is InChI=1S/2C26H51N2O2.C11H21NO.C11H20NO.4C2H6.CH3.2K/c2*1-13-16-26(24(30)20(4)5,28(12)22(8)9)18-15-14-17-25(10,23(29)19(2)3)27(11)21(6)7;2*1-8(2)11(13)10-6-5-7-12(10)9(3)4;4*1-2;;;/h2*19-22H,1,13-18H2,2-12H3;8-10H,5-7H2,1-4H3;8-9H,5-7H2,1-4H3;4*1-2H3;1H3;;/q2*-1;;-1;;;;;-1;2*+1. The van der Waals surface area contributed by atoms with Crippen LogP contribution in [0.2, 0.25) is 0 Å². The first-order chi connectivity index (χ1) is 43.4. The molecule has 14 heteroatoms. The normalized spacial score (nSPS) is 16.5. The molecule has 2 rings (SSSR count). The first kappa shape index (κ1) is 116. The van der Waals surface area contributed by atoms with Crippen LogP contribution in [0.3, 0.4) is 0 Å². The first-order valence-electron chi connectivity index (χ1n) is 38.6. The van der Waals surface area contributed by atoms with Crippen molar-refractivity contribution in [2.24, 2.45) is 35.5 Å². The maximum absolute atomic E-state index is 13.4. The fourth-order valence-corrected chi connectivity index (χ4v) is 13.5. The van der Waals surface area contributed by atoms with Gasteiger partial charge in [-0.3, -0.25) is 48.5 Å². The van der Waals surface area contributed by atoms with Crippen LogP contribution in [0.1, 0.15) is 338 Å². The first-order valence-corrected chi connectivity index (χ1v) is 38.6. The van der Waals surface area contributed by atoms with E-state index >= 15 is 0 Å². The smallest absolute Gasteiger partial charge is 0.429 e. The van der Waals surface area contributed by atoms with Gasteiger partial charge in [0, 0.05) is 65.6 Å². The van der Waals surface area contributed by atoms with Crippen LogP contribution in [0, 0.1) is 62.8 Å². The Labute approximate surface area is 694 Å². The minimum absolute atomic E-state index is 0. The van der Waals surface area contributed by atoms with Gasteiger partial charge in [-0.15, -0.1) is 6.42 Å². The monoisotopic (exact) mass is 1430 g/mol. The molecular weight excluding hydrogens is 1260 g/mol. The molecule has 0 aromatic heterocycles. The van der Waals surface area contributed by atoms with Gasteiger partial charge in [-0.05, 0) is 175 Å². The van der Waals surface area contributed by atoms with E-state index in [-0.39, 0.29) is 152 Å². The summed E-state index contributed by atoms with van der Waals surface area (Å²) >= 11 is 0. The van der Waals surface area contributed by atoms with E-state index in [0.717, 1.165) is 115 Å². The number of likely N-dealkylation sites (tertiary alicyclic amines) is 2.